The van der Waals surface area contributed by atoms with E-state index in [1.165, 1.54) is 30.4 Å². The second-order valence-electron chi connectivity index (χ2n) is 7.28. The molecule has 7 heteroatoms. The highest BCUT2D eigenvalue weighted by molar-refractivity contribution is 5.92. The Labute approximate surface area is 148 Å². The van der Waals surface area contributed by atoms with Crippen LogP contribution >= 0.6 is 0 Å². The molecule has 1 saturated heterocycles. The highest BCUT2D eigenvalue weighted by Crippen LogP contribution is 2.28. The molecule has 0 unspecified atom stereocenters. The summed E-state index contributed by atoms with van der Waals surface area (Å²) in [4.78, 5) is 24.5. The van der Waals surface area contributed by atoms with Crippen molar-refractivity contribution in [3.63, 3.8) is 0 Å². The van der Waals surface area contributed by atoms with Crippen molar-refractivity contribution in [3.8, 4) is 0 Å². The van der Waals surface area contributed by atoms with Gasteiger partial charge >= 0.3 is 0 Å². The summed E-state index contributed by atoms with van der Waals surface area (Å²) >= 11 is 0. The molecule has 1 aliphatic heterocycles. The Kier molecular flexibility index (Phi) is 5.73. The number of carbonyl (C=O) groups is 2. The first kappa shape index (κ1) is 17.9. The summed E-state index contributed by atoms with van der Waals surface area (Å²) in [5.41, 5.74) is 0.512. The van der Waals surface area contributed by atoms with Crippen LogP contribution in [0.2, 0.25) is 0 Å². The molecule has 25 heavy (non-hydrogen) atoms. The Morgan fingerprint density at radius 2 is 2.16 bits per heavy atom. The third kappa shape index (κ3) is 4.39. The molecule has 0 bridgehead atoms. The van der Waals surface area contributed by atoms with E-state index in [0.717, 1.165) is 0 Å². The molecule has 1 aromatic rings. The lowest BCUT2D eigenvalue weighted by molar-refractivity contribution is -0.125. The molecule has 0 radical (unpaired) electrons. The maximum atomic E-state index is 12.4. The van der Waals surface area contributed by atoms with Crippen LogP contribution in [-0.4, -0.2) is 46.9 Å². The number of carbonyl (C=O) groups excluding carboxylic acids is 2. The third-order valence-electron chi connectivity index (χ3n) is 5.47. The molecular weight excluding hydrogens is 320 g/mol. The van der Waals surface area contributed by atoms with E-state index in [-0.39, 0.29) is 29.9 Å². The van der Waals surface area contributed by atoms with Gasteiger partial charge in [0.05, 0.1) is 18.6 Å². The molecule has 1 aliphatic carbocycles. The fourth-order valence-corrected chi connectivity index (χ4v) is 3.84. The zero-order chi connectivity index (χ0) is 17.8. The average molecular weight is 348 g/mol. The Bertz CT molecular complexity index is 609. The minimum Gasteiger partial charge on any atom is -0.376 e. The van der Waals surface area contributed by atoms with E-state index in [9.17, 15) is 9.59 Å². The van der Waals surface area contributed by atoms with Gasteiger partial charge in [-0.15, -0.1) is 0 Å². The fourth-order valence-electron chi connectivity index (χ4n) is 3.84. The predicted molar refractivity (Wildman–Crippen MR) is 93.0 cm³/mol. The zero-order valence-electron chi connectivity index (χ0n) is 15.0. The number of aryl methyl sites for hydroxylation is 1. The van der Waals surface area contributed by atoms with Crippen LogP contribution in [0.25, 0.3) is 0 Å². The molecule has 2 amide bonds. The van der Waals surface area contributed by atoms with Gasteiger partial charge in [0.1, 0.15) is 5.69 Å². The number of amides is 2. The van der Waals surface area contributed by atoms with Gasteiger partial charge in [-0.1, -0.05) is 12.8 Å². The van der Waals surface area contributed by atoms with E-state index in [1.54, 1.807) is 19.3 Å². The van der Waals surface area contributed by atoms with E-state index in [2.05, 4.69) is 22.7 Å². The van der Waals surface area contributed by atoms with Gasteiger partial charge in [-0.2, -0.15) is 5.10 Å². The summed E-state index contributed by atoms with van der Waals surface area (Å²) in [5.74, 6) is 0.397. The number of rotatable bonds is 6. The summed E-state index contributed by atoms with van der Waals surface area (Å²) in [7, 11) is 1.73. The monoisotopic (exact) mass is 348 g/mol. The standard InChI is InChI=1S/C18H28N4O3/c1-12(13-5-3-4-6-13)21-17(23)14-9-15(25-11-14)10-19-18(24)16-7-8-20-22(16)2/h7-8,12-15H,3-6,9-11H2,1-2H3,(H,19,24)(H,21,23)/t12-,14-,15-/m0/s1. The van der Waals surface area contributed by atoms with Crippen molar-refractivity contribution >= 4 is 11.8 Å². The zero-order valence-corrected chi connectivity index (χ0v) is 15.0. The first-order chi connectivity index (χ1) is 12.0. The number of nitrogens with one attached hydrogen (secondary N) is 2. The van der Waals surface area contributed by atoms with Gasteiger partial charge in [0.2, 0.25) is 5.91 Å². The average Bonchev–Trinajstić information content (AvgIpc) is 3.33. The van der Waals surface area contributed by atoms with Crippen molar-refractivity contribution in [2.75, 3.05) is 13.2 Å². The maximum Gasteiger partial charge on any atom is 0.269 e. The summed E-state index contributed by atoms with van der Waals surface area (Å²) in [6.45, 7) is 2.94. The van der Waals surface area contributed by atoms with Gasteiger partial charge < -0.3 is 15.4 Å². The molecule has 138 valence electrons. The molecule has 0 aromatic carbocycles. The van der Waals surface area contributed by atoms with Crippen LogP contribution in [0.3, 0.4) is 0 Å². The van der Waals surface area contributed by atoms with Crippen LogP contribution in [0.5, 0.6) is 0 Å². The molecule has 7 nitrogen and oxygen atoms in total. The van der Waals surface area contributed by atoms with Crippen LogP contribution in [0.15, 0.2) is 12.3 Å². The maximum absolute atomic E-state index is 12.4. The second kappa shape index (κ2) is 7.99. The van der Waals surface area contributed by atoms with Crippen molar-refractivity contribution in [1.82, 2.24) is 20.4 Å². The predicted octanol–water partition coefficient (Wildman–Crippen LogP) is 1.25. The number of ether oxygens (including phenoxy) is 1. The molecule has 3 atom stereocenters. The van der Waals surface area contributed by atoms with Gasteiger partial charge in [0.15, 0.2) is 0 Å². The van der Waals surface area contributed by atoms with Crippen molar-refractivity contribution in [3.05, 3.63) is 18.0 Å². The van der Waals surface area contributed by atoms with E-state index in [1.807, 2.05) is 0 Å². The summed E-state index contributed by atoms with van der Waals surface area (Å²) in [5, 5.41) is 10.0. The Balaban J connectivity index is 1.41. The van der Waals surface area contributed by atoms with Gasteiger partial charge in [0.25, 0.3) is 5.91 Å². The Hall–Kier alpha value is -1.89. The van der Waals surface area contributed by atoms with E-state index < -0.39 is 0 Å². The number of aromatic nitrogens is 2. The molecule has 3 rings (SSSR count). The van der Waals surface area contributed by atoms with Crippen LogP contribution < -0.4 is 10.6 Å². The molecule has 2 fully saturated rings. The SMILES string of the molecule is C[C@H](NC(=O)[C@@H]1CO[C@H](CNC(=O)c2ccnn2C)C1)C1CCCC1. The highest BCUT2D eigenvalue weighted by Gasteiger charge is 2.33. The highest BCUT2D eigenvalue weighted by atomic mass is 16.5. The van der Waals surface area contributed by atoms with E-state index >= 15 is 0 Å². The number of nitrogens with zero attached hydrogens (tertiary/aromatic N) is 2. The van der Waals surface area contributed by atoms with Crippen molar-refractivity contribution in [1.29, 1.82) is 0 Å². The van der Waals surface area contributed by atoms with E-state index in [0.29, 0.717) is 31.2 Å². The largest absolute Gasteiger partial charge is 0.376 e. The van der Waals surface area contributed by atoms with Crippen LogP contribution in [0.4, 0.5) is 0 Å². The molecular formula is C18H28N4O3. The van der Waals surface area contributed by atoms with Crippen LogP contribution in [0, 0.1) is 11.8 Å². The van der Waals surface area contributed by atoms with Crippen molar-refractivity contribution < 1.29 is 14.3 Å². The second-order valence-corrected chi connectivity index (χ2v) is 7.28. The van der Waals surface area contributed by atoms with Crippen molar-refractivity contribution in [2.24, 2.45) is 18.9 Å². The van der Waals surface area contributed by atoms with Crippen LogP contribution in [0.1, 0.15) is 49.5 Å². The first-order valence-corrected chi connectivity index (χ1v) is 9.22. The number of hydrogen-bond donors (Lipinski definition) is 2. The minimum absolute atomic E-state index is 0.0832. The van der Waals surface area contributed by atoms with Crippen LogP contribution in [-0.2, 0) is 16.6 Å². The quantitative estimate of drug-likeness (QED) is 0.810. The summed E-state index contributed by atoms with van der Waals surface area (Å²) in [6, 6.07) is 1.91. The van der Waals surface area contributed by atoms with Gasteiger partial charge in [0, 0.05) is 25.8 Å². The normalized spacial score (nSPS) is 25.0. The van der Waals surface area contributed by atoms with E-state index in [4.69, 9.17) is 4.74 Å². The minimum atomic E-state index is -0.175. The number of hydrogen-bond acceptors (Lipinski definition) is 4. The third-order valence-corrected chi connectivity index (χ3v) is 5.47. The molecule has 2 N–H and O–H groups in total. The first-order valence-electron chi connectivity index (χ1n) is 9.22. The van der Waals surface area contributed by atoms with Gasteiger partial charge in [-0.05, 0) is 38.2 Å². The topological polar surface area (TPSA) is 85.2 Å². The van der Waals surface area contributed by atoms with Gasteiger partial charge in [-0.3, -0.25) is 14.3 Å². The lowest BCUT2D eigenvalue weighted by Gasteiger charge is -2.22. The Morgan fingerprint density at radius 3 is 2.84 bits per heavy atom. The molecule has 1 saturated carbocycles. The van der Waals surface area contributed by atoms with Crippen molar-refractivity contribution in [2.45, 2.75) is 51.2 Å². The molecule has 0 spiro atoms. The summed E-state index contributed by atoms with van der Waals surface area (Å²) in [6.07, 6.45) is 7.10. The fraction of sp³-hybridized carbons (Fsp3) is 0.722. The molecule has 2 aliphatic rings. The Morgan fingerprint density at radius 1 is 1.40 bits per heavy atom. The molecule has 1 aromatic heterocycles. The lowest BCUT2D eigenvalue weighted by atomic mass is 9.98. The van der Waals surface area contributed by atoms with Gasteiger partial charge in [-0.25, -0.2) is 0 Å². The smallest absolute Gasteiger partial charge is 0.269 e. The molecule has 2 heterocycles. The summed E-state index contributed by atoms with van der Waals surface area (Å²) < 4.78 is 7.23. The lowest BCUT2D eigenvalue weighted by Crippen LogP contribution is -2.41.